The standard InChI is InChI=1S/C11H19N3O/c1-11(15)3-7-13(8-4-11)9-10-14-6-2-5-12-14/h2,5-6,15H,3-4,7-10H2,1H3. The van der Waals surface area contributed by atoms with Gasteiger partial charge in [-0.25, -0.2) is 0 Å². The van der Waals surface area contributed by atoms with Crippen molar-refractivity contribution in [2.75, 3.05) is 19.6 Å². The molecule has 1 aromatic rings. The van der Waals surface area contributed by atoms with Gasteiger partial charge in [-0.1, -0.05) is 0 Å². The minimum Gasteiger partial charge on any atom is -0.390 e. The monoisotopic (exact) mass is 209 g/mol. The molecule has 1 aliphatic heterocycles. The first-order valence-electron chi connectivity index (χ1n) is 5.58. The molecule has 4 nitrogen and oxygen atoms in total. The third-order valence-corrected chi connectivity index (χ3v) is 3.14. The molecule has 0 saturated carbocycles. The van der Waals surface area contributed by atoms with E-state index in [1.54, 1.807) is 6.20 Å². The Bertz CT molecular complexity index is 285. The summed E-state index contributed by atoms with van der Waals surface area (Å²) in [6.45, 7) is 5.88. The molecule has 1 N–H and O–H groups in total. The van der Waals surface area contributed by atoms with Gasteiger partial charge in [0, 0.05) is 32.0 Å². The van der Waals surface area contributed by atoms with Crippen LogP contribution in [0.3, 0.4) is 0 Å². The van der Waals surface area contributed by atoms with Gasteiger partial charge in [0.1, 0.15) is 0 Å². The highest BCUT2D eigenvalue weighted by Gasteiger charge is 2.26. The van der Waals surface area contributed by atoms with Crippen LogP contribution in [0.4, 0.5) is 0 Å². The van der Waals surface area contributed by atoms with Crippen LogP contribution < -0.4 is 0 Å². The molecule has 1 saturated heterocycles. The molecule has 0 amide bonds. The Hall–Kier alpha value is -0.870. The number of aliphatic hydroxyl groups is 1. The first-order valence-corrected chi connectivity index (χ1v) is 5.58. The third-order valence-electron chi connectivity index (χ3n) is 3.14. The number of hydrogen-bond acceptors (Lipinski definition) is 3. The molecule has 1 fully saturated rings. The third kappa shape index (κ3) is 3.04. The van der Waals surface area contributed by atoms with Gasteiger partial charge in [0.15, 0.2) is 0 Å². The van der Waals surface area contributed by atoms with Gasteiger partial charge in [0.05, 0.1) is 12.1 Å². The summed E-state index contributed by atoms with van der Waals surface area (Å²) in [6, 6.07) is 1.95. The SMILES string of the molecule is CC1(O)CCN(CCn2cccn2)CC1. The van der Waals surface area contributed by atoms with Crippen LogP contribution in [0, 0.1) is 0 Å². The van der Waals surface area contributed by atoms with Gasteiger partial charge in [-0.15, -0.1) is 0 Å². The maximum atomic E-state index is 9.80. The summed E-state index contributed by atoms with van der Waals surface area (Å²) in [7, 11) is 0. The first-order chi connectivity index (χ1) is 7.16. The van der Waals surface area contributed by atoms with E-state index < -0.39 is 5.60 Å². The zero-order valence-electron chi connectivity index (χ0n) is 9.26. The highest BCUT2D eigenvalue weighted by atomic mass is 16.3. The van der Waals surface area contributed by atoms with Crippen LogP contribution in [-0.4, -0.2) is 45.0 Å². The van der Waals surface area contributed by atoms with Crippen molar-refractivity contribution < 1.29 is 5.11 Å². The van der Waals surface area contributed by atoms with Gasteiger partial charge >= 0.3 is 0 Å². The van der Waals surface area contributed by atoms with Gasteiger partial charge in [0.2, 0.25) is 0 Å². The fourth-order valence-electron chi connectivity index (χ4n) is 1.93. The highest BCUT2D eigenvalue weighted by molar-refractivity contribution is 4.82. The van der Waals surface area contributed by atoms with E-state index in [1.807, 2.05) is 23.9 Å². The summed E-state index contributed by atoms with van der Waals surface area (Å²) < 4.78 is 1.95. The van der Waals surface area contributed by atoms with Gasteiger partial charge < -0.3 is 10.0 Å². The Morgan fingerprint density at radius 2 is 2.07 bits per heavy atom. The fraction of sp³-hybridized carbons (Fsp3) is 0.727. The molecule has 84 valence electrons. The Kier molecular flexibility index (Phi) is 3.07. The van der Waals surface area contributed by atoms with Crippen LogP contribution in [0.2, 0.25) is 0 Å². The van der Waals surface area contributed by atoms with Crippen molar-refractivity contribution in [3.63, 3.8) is 0 Å². The summed E-state index contributed by atoms with van der Waals surface area (Å²) in [5.74, 6) is 0. The molecule has 1 aliphatic rings. The molecule has 0 aromatic carbocycles. The second-order valence-electron chi connectivity index (χ2n) is 4.61. The van der Waals surface area contributed by atoms with Crippen LogP contribution >= 0.6 is 0 Å². The van der Waals surface area contributed by atoms with Crippen molar-refractivity contribution in [2.45, 2.75) is 31.9 Å². The maximum absolute atomic E-state index is 9.80. The zero-order valence-corrected chi connectivity index (χ0v) is 9.26. The molecular weight excluding hydrogens is 190 g/mol. The van der Waals surface area contributed by atoms with Crippen molar-refractivity contribution >= 4 is 0 Å². The lowest BCUT2D eigenvalue weighted by molar-refractivity contribution is -0.00607. The number of likely N-dealkylation sites (tertiary alicyclic amines) is 1. The Labute approximate surface area is 90.5 Å². The van der Waals surface area contributed by atoms with Crippen LogP contribution in [0.5, 0.6) is 0 Å². The average Bonchev–Trinajstić information content (AvgIpc) is 2.69. The normalized spacial score (nSPS) is 21.7. The molecule has 2 rings (SSSR count). The number of aromatic nitrogens is 2. The van der Waals surface area contributed by atoms with E-state index in [0.29, 0.717) is 0 Å². The molecule has 0 unspecified atom stereocenters. The van der Waals surface area contributed by atoms with E-state index in [9.17, 15) is 5.11 Å². The predicted molar refractivity (Wildman–Crippen MR) is 58.5 cm³/mol. The second-order valence-corrected chi connectivity index (χ2v) is 4.61. The van der Waals surface area contributed by atoms with E-state index in [-0.39, 0.29) is 0 Å². The Balaban J connectivity index is 1.73. The molecule has 4 heteroatoms. The minimum absolute atomic E-state index is 0.442. The minimum atomic E-state index is -0.442. The lowest BCUT2D eigenvalue weighted by atomic mass is 9.94. The summed E-state index contributed by atoms with van der Waals surface area (Å²) in [4.78, 5) is 2.39. The van der Waals surface area contributed by atoms with E-state index in [1.165, 1.54) is 0 Å². The molecule has 2 heterocycles. The van der Waals surface area contributed by atoms with Crippen molar-refractivity contribution in [1.29, 1.82) is 0 Å². The Morgan fingerprint density at radius 3 is 2.67 bits per heavy atom. The average molecular weight is 209 g/mol. The van der Waals surface area contributed by atoms with Crippen LogP contribution in [0.1, 0.15) is 19.8 Å². The van der Waals surface area contributed by atoms with E-state index >= 15 is 0 Å². The van der Waals surface area contributed by atoms with Crippen molar-refractivity contribution in [3.05, 3.63) is 18.5 Å². The zero-order chi connectivity index (χ0) is 10.7. The molecule has 15 heavy (non-hydrogen) atoms. The maximum Gasteiger partial charge on any atom is 0.0644 e. The molecule has 0 bridgehead atoms. The van der Waals surface area contributed by atoms with Crippen molar-refractivity contribution in [2.24, 2.45) is 0 Å². The molecule has 1 aromatic heterocycles. The predicted octanol–water partition coefficient (Wildman–Crippen LogP) is 0.730. The lowest BCUT2D eigenvalue weighted by Gasteiger charge is -2.35. The van der Waals surface area contributed by atoms with E-state index in [0.717, 1.165) is 39.0 Å². The smallest absolute Gasteiger partial charge is 0.0644 e. The lowest BCUT2D eigenvalue weighted by Crippen LogP contribution is -2.43. The van der Waals surface area contributed by atoms with E-state index in [4.69, 9.17) is 0 Å². The van der Waals surface area contributed by atoms with Gasteiger partial charge in [-0.2, -0.15) is 5.10 Å². The molecule has 0 atom stereocenters. The van der Waals surface area contributed by atoms with E-state index in [2.05, 4.69) is 10.00 Å². The first kappa shape index (κ1) is 10.6. The quantitative estimate of drug-likeness (QED) is 0.798. The molecular formula is C11H19N3O. The number of nitrogens with zero attached hydrogens (tertiary/aromatic N) is 3. The number of hydrogen-bond donors (Lipinski definition) is 1. The van der Waals surface area contributed by atoms with Crippen LogP contribution in [-0.2, 0) is 6.54 Å². The van der Waals surface area contributed by atoms with Gasteiger partial charge in [-0.05, 0) is 25.8 Å². The molecule has 0 aliphatic carbocycles. The largest absolute Gasteiger partial charge is 0.390 e. The molecule has 0 spiro atoms. The second kappa shape index (κ2) is 4.33. The number of piperidine rings is 1. The summed E-state index contributed by atoms with van der Waals surface area (Å²) >= 11 is 0. The van der Waals surface area contributed by atoms with Crippen LogP contribution in [0.25, 0.3) is 0 Å². The molecule has 0 radical (unpaired) electrons. The summed E-state index contributed by atoms with van der Waals surface area (Å²) in [5.41, 5.74) is -0.442. The van der Waals surface area contributed by atoms with Gasteiger partial charge in [0.25, 0.3) is 0 Å². The topological polar surface area (TPSA) is 41.3 Å². The fourth-order valence-corrected chi connectivity index (χ4v) is 1.93. The van der Waals surface area contributed by atoms with Crippen molar-refractivity contribution in [3.8, 4) is 0 Å². The Morgan fingerprint density at radius 1 is 1.33 bits per heavy atom. The highest BCUT2D eigenvalue weighted by Crippen LogP contribution is 2.20. The van der Waals surface area contributed by atoms with Crippen LogP contribution in [0.15, 0.2) is 18.5 Å². The number of rotatable bonds is 3. The van der Waals surface area contributed by atoms with Gasteiger partial charge in [-0.3, -0.25) is 4.68 Å². The summed E-state index contributed by atoms with van der Waals surface area (Å²) in [5, 5.41) is 14.0. The van der Waals surface area contributed by atoms with Crippen molar-refractivity contribution in [1.82, 2.24) is 14.7 Å². The summed E-state index contributed by atoms with van der Waals surface area (Å²) in [6.07, 6.45) is 5.55.